The van der Waals surface area contributed by atoms with Crippen molar-refractivity contribution in [3.8, 4) is 0 Å². The average molecular weight is 298 g/mol. The Morgan fingerprint density at radius 3 is 2.28 bits per heavy atom. The Hall–Kier alpha value is -0.0300. The summed E-state index contributed by atoms with van der Waals surface area (Å²) in [5.74, 6) is 0.765. The van der Waals surface area contributed by atoms with Crippen LogP contribution in [0.4, 0.5) is 0 Å². The minimum atomic E-state index is -0.288. The fourth-order valence-corrected chi connectivity index (χ4v) is 2.66. The lowest BCUT2D eigenvalue weighted by Crippen LogP contribution is -2.48. The predicted molar refractivity (Wildman–Crippen MR) is 78.2 cm³/mol. The highest BCUT2D eigenvalue weighted by Gasteiger charge is 2.40. The van der Waals surface area contributed by atoms with Gasteiger partial charge in [-0.25, -0.2) is 0 Å². The van der Waals surface area contributed by atoms with Crippen molar-refractivity contribution in [2.24, 2.45) is 22.8 Å². The Labute approximate surface area is 121 Å². The summed E-state index contributed by atoms with van der Waals surface area (Å²) in [6, 6.07) is 0.139. The van der Waals surface area contributed by atoms with E-state index in [-0.39, 0.29) is 42.2 Å². The molecule has 1 atom stereocenters. The monoisotopic (exact) mass is 297 g/mol. The topological polar surface area (TPSA) is 81.1 Å². The van der Waals surface area contributed by atoms with E-state index in [1.54, 1.807) is 0 Å². The number of amides is 1. The standard InChI is InChI=1S/C12H23N3O.2ClH/c13-8-12(5-1-2-6-12)11(16)15-7-10(14)9-3-4-9;;/h9-10H,1-8,13-14H2,(H,15,16);2*1H. The highest BCUT2D eigenvalue weighted by molar-refractivity contribution is 5.85. The van der Waals surface area contributed by atoms with Crippen molar-refractivity contribution >= 4 is 30.7 Å². The minimum absolute atomic E-state index is 0. The van der Waals surface area contributed by atoms with Gasteiger partial charge in [0.15, 0.2) is 0 Å². The lowest BCUT2D eigenvalue weighted by molar-refractivity contribution is -0.130. The van der Waals surface area contributed by atoms with E-state index in [9.17, 15) is 4.79 Å². The first-order valence-corrected chi connectivity index (χ1v) is 6.42. The highest BCUT2D eigenvalue weighted by Crippen LogP contribution is 2.37. The lowest BCUT2D eigenvalue weighted by atomic mass is 9.85. The zero-order valence-electron chi connectivity index (χ0n) is 10.7. The largest absolute Gasteiger partial charge is 0.354 e. The maximum Gasteiger partial charge on any atom is 0.227 e. The van der Waals surface area contributed by atoms with Gasteiger partial charge in [0.1, 0.15) is 0 Å². The highest BCUT2D eigenvalue weighted by atomic mass is 35.5. The maximum atomic E-state index is 12.1. The first kappa shape index (κ1) is 18.0. The summed E-state index contributed by atoms with van der Waals surface area (Å²) in [7, 11) is 0. The second-order valence-electron chi connectivity index (χ2n) is 5.40. The molecule has 1 unspecified atom stereocenters. The van der Waals surface area contributed by atoms with Crippen LogP contribution >= 0.6 is 24.8 Å². The van der Waals surface area contributed by atoms with Crippen LogP contribution in [-0.2, 0) is 4.79 Å². The summed E-state index contributed by atoms with van der Waals surface area (Å²) < 4.78 is 0. The van der Waals surface area contributed by atoms with Gasteiger partial charge in [0, 0.05) is 19.1 Å². The second-order valence-corrected chi connectivity index (χ2v) is 5.40. The molecule has 0 heterocycles. The fourth-order valence-electron chi connectivity index (χ4n) is 2.66. The van der Waals surface area contributed by atoms with Gasteiger partial charge < -0.3 is 16.8 Å². The number of carbonyl (C=O) groups excluding carboxylic acids is 1. The third-order valence-electron chi connectivity index (χ3n) is 4.16. The van der Waals surface area contributed by atoms with Crippen LogP contribution < -0.4 is 16.8 Å². The second kappa shape index (κ2) is 7.53. The van der Waals surface area contributed by atoms with Crippen LogP contribution in [0, 0.1) is 11.3 Å². The maximum absolute atomic E-state index is 12.1. The summed E-state index contributed by atoms with van der Waals surface area (Å²) in [6.07, 6.45) is 6.57. The molecule has 108 valence electrons. The molecule has 0 aliphatic heterocycles. The van der Waals surface area contributed by atoms with Crippen molar-refractivity contribution < 1.29 is 4.79 Å². The van der Waals surface area contributed by atoms with Crippen LogP contribution in [-0.4, -0.2) is 25.0 Å². The molecule has 0 saturated heterocycles. The zero-order valence-corrected chi connectivity index (χ0v) is 12.3. The molecule has 2 saturated carbocycles. The van der Waals surface area contributed by atoms with Crippen LogP contribution in [0.1, 0.15) is 38.5 Å². The molecule has 2 rings (SSSR count). The third kappa shape index (κ3) is 3.98. The Morgan fingerprint density at radius 2 is 1.83 bits per heavy atom. The molecular formula is C12H25Cl2N3O. The van der Waals surface area contributed by atoms with Gasteiger partial charge in [0.25, 0.3) is 0 Å². The van der Waals surface area contributed by atoms with Crippen LogP contribution in [0.3, 0.4) is 0 Å². The van der Waals surface area contributed by atoms with Crippen LogP contribution in [0.5, 0.6) is 0 Å². The third-order valence-corrected chi connectivity index (χ3v) is 4.16. The summed E-state index contributed by atoms with van der Waals surface area (Å²) >= 11 is 0. The minimum Gasteiger partial charge on any atom is -0.354 e. The SMILES string of the molecule is Cl.Cl.NCC1(C(=O)NCC(N)C2CC2)CCCC1. The normalized spacial score (nSPS) is 22.6. The number of hydrogen-bond donors (Lipinski definition) is 3. The zero-order chi connectivity index (χ0) is 11.6. The van der Waals surface area contributed by atoms with Gasteiger partial charge in [-0.3, -0.25) is 4.79 Å². The van der Waals surface area contributed by atoms with Crippen molar-refractivity contribution in [1.29, 1.82) is 0 Å². The molecule has 5 N–H and O–H groups in total. The van der Waals surface area contributed by atoms with Gasteiger partial charge in [-0.15, -0.1) is 24.8 Å². The number of hydrogen-bond acceptors (Lipinski definition) is 3. The average Bonchev–Trinajstić information content (AvgIpc) is 3.04. The molecule has 0 spiro atoms. The molecule has 0 aromatic rings. The van der Waals surface area contributed by atoms with E-state index in [1.807, 2.05) is 0 Å². The van der Waals surface area contributed by atoms with Crippen LogP contribution in [0.2, 0.25) is 0 Å². The van der Waals surface area contributed by atoms with E-state index >= 15 is 0 Å². The van der Waals surface area contributed by atoms with E-state index in [0.717, 1.165) is 25.7 Å². The number of nitrogens with two attached hydrogens (primary N) is 2. The first-order valence-electron chi connectivity index (χ1n) is 6.42. The van der Waals surface area contributed by atoms with Gasteiger partial charge in [0.2, 0.25) is 5.91 Å². The summed E-state index contributed by atoms with van der Waals surface area (Å²) in [5.41, 5.74) is 11.4. The molecule has 2 fully saturated rings. The Morgan fingerprint density at radius 1 is 1.28 bits per heavy atom. The molecule has 2 aliphatic rings. The first-order chi connectivity index (χ1) is 7.68. The molecule has 6 heteroatoms. The van der Waals surface area contributed by atoms with Gasteiger partial charge in [0.05, 0.1) is 5.41 Å². The molecule has 18 heavy (non-hydrogen) atoms. The number of carbonyl (C=O) groups is 1. The van der Waals surface area contributed by atoms with Gasteiger partial charge >= 0.3 is 0 Å². The van der Waals surface area contributed by atoms with Crippen molar-refractivity contribution in [3.63, 3.8) is 0 Å². The van der Waals surface area contributed by atoms with Crippen LogP contribution in [0.15, 0.2) is 0 Å². The summed E-state index contributed by atoms with van der Waals surface area (Å²) in [6.45, 7) is 1.09. The van der Waals surface area contributed by atoms with Crippen molar-refractivity contribution in [2.45, 2.75) is 44.6 Å². The summed E-state index contributed by atoms with van der Waals surface area (Å²) in [5, 5.41) is 2.99. The molecule has 0 aromatic heterocycles. The van der Waals surface area contributed by atoms with E-state index in [1.165, 1.54) is 12.8 Å². The van der Waals surface area contributed by atoms with Crippen molar-refractivity contribution in [2.75, 3.05) is 13.1 Å². The quantitative estimate of drug-likeness (QED) is 0.713. The molecule has 4 nitrogen and oxygen atoms in total. The summed E-state index contributed by atoms with van der Waals surface area (Å²) in [4.78, 5) is 12.1. The molecular weight excluding hydrogens is 273 g/mol. The van der Waals surface area contributed by atoms with E-state index in [4.69, 9.17) is 11.5 Å². The number of nitrogens with one attached hydrogen (secondary N) is 1. The molecule has 1 amide bonds. The van der Waals surface area contributed by atoms with Gasteiger partial charge in [-0.1, -0.05) is 12.8 Å². The molecule has 0 bridgehead atoms. The van der Waals surface area contributed by atoms with Crippen molar-refractivity contribution in [1.82, 2.24) is 5.32 Å². The lowest BCUT2D eigenvalue weighted by Gasteiger charge is -2.26. The van der Waals surface area contributed by atoms with E-state index in [2.05, 4.69) is 5.32 Å². The Bertz CT molecular complexity index is 266. The smallest absolute Gasteiger partial charge is 0.227 e. The molecule has 2 aliphatic carbocycles. The Balaban J connectivity index is 0.00000144. The predicted octanol–water partition coefficient (Wildman–Crippen LogP) is 1.20. The van der Waals surface area contributed by atoms with Gasteiger partial charge in [-0.05, 0) is 31.6 Å². The van der Waals surface area contributed by atoms with E-state index < -0.39 is 0 Å². The number of halogens is 2. The van der Waals surface area contributed by atoms with Crippen molar-refractivity contribution in [3.05, 3.63) is 0 Å². The number of rotatable bonds is 5. The Kier molecular flexibility index (Phi) is 7.52. The van der Waals surface area contributed by atoms with E-state index in [0.29, 0.717) is 19.0 Å². The van der Waals surface area contributed by atoms with Crippen LogP contribution in [0.25, 0.3) is 0 Å². The molecule has 0 radical (unpaired) electrons. The molecule has 0 aromatic carbocycles. The fraction of sp³-hybridized carbons (Fsp3) is 0.917. The van der Waals surface area contributed by atoms with Gasteiger partial charge in [-0.2, -0.15) is 0 Å².